The van der Waals surface area contributed by atoms with Crippen molar-refractivity contribution in [1.29, 1.82) is 0 Å². The second-order valence-electron chi connectivity index (χ2n) is 4.64. The van der Waals surface area contributed by atoms with Crippen LogP contribution in [0.25, 0.3) is 0 Å². The van der Waals surface area contributed by atoms with Crippen LogP contribution in [0.15, 0.2) is 0 Å². The summed E-state index contributed by atoms with van der Waals surface area (Å²) in [5.41, 5.74) is 0. The van der Waals surface area contributed by atoms with E-state index in [2.05, 4.69) is 22.9 Å². The minimum absolute atomic E-state index is 0.0930. The number of rotatable bonds is 11. The lowest BCUT2D eigenvalue weighted by atomic mass is 10.1. The molecule has 0 amide bonds. The van der Waals surface area contributed by atoms with Crippen molar-refractivity contribution in [1.82, 2.24) is 0 Å². The highest BCUT2D eigenvalue weighted by Gasteiger charge is 2.05. The smallest absolute Gasteiger partial charge is 0.303 e. The normalized spacial score (nSPS) is 12.4. The van der Waals surface area contributed by atoms with Gasteiger partial charge in [0, 0.05) is 6.92 Å². The third-order valence-corrected chi connectivity index (χ3v) is 3.47. The molecule has 0 fully saturated rings. The van der Waals surface area contributed by atoms with Crippen LogP contribution >= 0.6 is 15.9 Å². The van der Waals surface area contributed by atoms with Crippen LogP contribution in [-0.2, 0) is 9.53 Å². The molecular weight excluding hydrogens is 280 g/mol. The molecule has 0 saturated heterocycles. The van der Waals surface area contributed by atoms with E-state index >= 15 is 0 Å². The summed E-state index contributed by atoms with van der Waals surface area (Å²) in [6.07, 6.45) is 12.8. The van der Waals surface area contributed by atoms with Gasteiger partial charge >= 0.3 is 5.97 Å². The van der Waals surface area contributed by atoms with Crippen molar-refractivity contribution in [3.63, 3.8) is 0 Å². The zero-order chi connectivity index (χ0) is 12.9. The summed E-state index contributed by atoms with van der Waals surface area (Å²) in [4.78, 5) is 10.7. The minimum Gasteiger partial charge on any atom is -0.451 e. The molecule has 0 N–H and O–H groups in total. The molecular formula is C14H27BrO2. The second-order valence-corrected chi connectivity index (χ2v) is 5.66. The summed E-state index contributed by atoms with van der Waals surface area (Å²) in [7, 11) is 0. The highest BCUT2D eigenvalue weighted by molar-refractivity contribution is 9.09. The highest BCUT2D eigenvalue weighted by Crippen LogP contribution is 2.15. The molecule has 2 nitrogen and oxygen atoms in total. The average Bonchev–Trinajstić information content (AvgIpc) is 2.26. The second kappa shape index (κ2) is 12.4. The van der Waals surface area contributed by atoms with Gasteiger partial charge in [0.15, 0.2) is 5.01 Å². The quantitative estimate of drug-likeness (QED) is 0.298. The van der Waals surface area contributed by atoms with E-state index in [0.717, 1.165) is 12.8 Å². The topological polar surface area (TPSA) is 26.3 Å². The Morgan fingerprint density at radius 3 is 1.94 bits per heavy atom. The molecule has 1 unspecified atom stereocenters. The van der Waals surface area contributed by atoms with Crippen LogP contribution in [0.5, 0.6) is 0 Å². The van der Waals surface area contributed by atoms with Crippen LogP contribution in [0.3, 0.4) is 0 Å². The van der Waals surface area contributed by atoms with Gasteiger partial charge in [-0.15, -0.1) is 0 Å². The Bertz CT molecular complexity index is 183. The van der Waals surface area contributed by atoms with E-state index in [1.54, 1.807) is 0 Å². The Labute approximate surface area is 115 Å². The summed E-state index contributed by atoms with van der Waals surface area (Å²) >= 11 is 3.35. The number of halogens is 1. The van der Waals surface area contributed by atoms with Crippen LogP contribution < -0.4 is 0 Å². The number of carbonyl (C=O) groups excluding carboxylic acids is 1. The number of alkyl halides is 1. The first-order valence-electron chi connectivity index (χ1n) is 6.98. The van der Waals surface area contributed by atoms with E-state index in [9.17, 15) is 4.79 Å². The number of hydrogen-bond acceptors (Lipinski definition) is 2. The van der Waals surface area contributed by atoms with Crippen LogP contribution in [0.2, 0.25) is 0 Å². The van der Waals surface area contributed by atoms with Crippen molar-refractivity contribution in [3.8, 4) is 0 Å². The zero-order valence-corrected chi connectivity index (χ0v) is 12.9. The monoisotopic (exact) mass is 306 g/mol. The zero-order valence-electron chi connectivity index (χ0n) is 11.3. The fourth-order valence-electron chi connectivity index (χ4n) is 1.85. The molecule has 0 aliphatic carbocycles. The third kappa shape index (κ3) is 13.9. The molecule has 0 radical (unpaired) electrons. The van der Waals surface area contributed by atoms with Crippen LogP contribution in [0, 0.1) is 0 Å². The fraction of sp³-hybridized carbons (Fsp3) is 0.929. The Balaban J connectivity index is 3.10. The van der Waals surface area contributed by atoms with E-state index in [0.29, 0.717) is 0 Å². The Morgan fingerprint density at radius 2 is 1.47 bits per heavy atom. The van der Waals surface area contributed by atoms with Gasteiger partial charge in [0.2, 0.25) is 0 Å². The Hall–Kier alpha value is -0.0500. The molecule has 0 spiro atoms. The molecule has 1 atom stereocenters. The molecule has 0 rings (SSSR count). The van der Waals surface area contributed by atoms with Crippen molar-refractivity contribution in [3.05, 3.63) is 0 Å². The van der Waals surface area contributed by atoms with Gasteiger partial charge in [-0.05, 0) is 28.8 Å². The summed E-state index contributed by atoms with van der Waals surface area (Å²) in [6.45, 7) is 3.70. The molecule has 3 heteroatoms. The van der Waals surface area contributed by atoms with Crippen molar-refractivity contribution in [2.24, 2.45) is 0 Å². The average molecular weight is 307 g/mol. The lowest BCUT2D eigenvalue weighted by molar-refractivity contribution is -0.142. The van der Waals surface area contributed by atoms with Crippen molar-refractivity contribution >= 4 is 21.9 Å². The number of unbranched alkanes of at least 4 members (excludes halogenated alkanes) is 8. The van der Waals surface area contributed by atoms with Gasteiger partial charge in [0.25, 0.3) is 0 Å². The number of esters is 1. The van der Waals surface area contributed by atoms with Gasteiger partial charge in [-0.3, -0.25) is 4.79 Å². The molecule has 0 aliphatic rings. The molecule has 17 heavy (non-hydrogen) atoms. The van der Waals surface area contributed by atoms with Crippen molar-refractivity contribution in [2.45, 2.75) is 83.1 Å². The minimum atomic E-state index is -0.206. The molecule has 0 saturated carbocycles. The number of hydrogen-bond donors (Lipinski definition) is 0. The Morgan fingerprint density at radius 1 is 1.00 bits per heavy atom. The molecule has 0 aromatic rings. The maximum Gasteiger partial charge on any atom is 0.303 e. The predicted molar refractivity (Wildman–Crippen MR) is 76.3 cm³/mol. The van der Waals surface area contributed by atoms with Gasteiger partial charge < -0.3 is 4.74 Å². The van der Waals surface area contributed by atoms with Crippen LogP contribution in [0.1, 0.15) is 78.1 Å². The van der Waals surface area contributed by atoms with Crippen molar-refractivity contribution < 1.29 is 9.53 Å². The SMILES string of the molecule is CCCCCCCCCCCC(Br)OC(C)=O. The lowest BCUT2D eigenvalue weighted by Gasteiger charge is -2.09. The van der Waals surface area contributed by atoms with E-state index in [4.69, 9.17) is 4.74 Å². The molecule has 0 aliphatic heterocycles. The largest absolute Gasteiger partial charge is 0.451 e. The standard InChI is InChI=1S/C14H27BrO2/c1-3-4-5-6-7-8-9-10-11-12-14(15)17-13(2)16/h14H,3-12H2,1-2H3. The first kappa shape index (κ1) is 16.9. The van der Waals surface area contributed by atoms with Gasteiger partial charge in [0.05, 0.1) is 0 Å². The Kier molecular flexibility index (Phi) is 12.4. The van der Waals surface area contributed by atoms with Crippen LogP contribution in [-0.4, -0.2) is 11.0 Å². The van der Waals surface area contributed by atoms with Gasteiger partial charge in [0.1, 0.15) is 0 Å². The predicted octanol–water partition coefficient (Wildman–Crippen LogP) is 5.19. The summed E-state index contributed by atoms with van der Waals surface area (Å²) in [5, 5.41) is -0.0930. The molecule has 0 bridgehead atoms. The summed E-state index contributed by atoms with van der Waals surface area (Å²) in [5.74, 6) is -0.206. The maximum atomic E-state index is 10.7. The highest BCUT2D eigenvalue weighted by atomic mass is 79.9. The summed E-state index contributed by atoms with van der Waals surface area (Å²) in [6, 6.07) is 0. The third-order valence-electron chi connectivity index (χ3n) is 2.83. The lowest BCUT2D eigenvalue weighted by Crippen LogP contribution is -2.08. The molecule has 102 valence electrons. The first-order valence-corrected chi connectivity index (χ1v) is 7.89. The number of carbonyl (C=O) groups is 1. The maximum absolute atomic E-state index is 10.7. The van der Waals surface area contributed by atoms with E-state index < -0.39 is 0 Å². The number of ether oxygens (including phenoxy) is 1. The molecule has 0 aromatic heterocycles. The van der Waals surface area contributed by atoms with Crippen LogP contribution in [0.4, 0.5) is 0 Å². The van der Waals surface area contributed by atoms with Gasteiger partial charge in [-0.25, -0.2) is 0 Å². The molecule has 0 aromatic carbocycles. The summed E-state index contributed by atoms with van der Waals surface area (Å²) < 4.78 is 5.00. The molecule has 0 heterocycles. The van der Waals surface area contributed by atoms with Gasteiger partial charge in [-0.2, -0.15) is 0 Å². The van der Waals surface area contributed by atoms with E-state index in [1.165, 1.54) is 58.3 Å². The van der Waals surface area contributed by atoms with Gasteiger partial charge in [-0.1, -0.05) is 58.3 Å². The van der Waals surface area contributed by atoms with E-state index in [-0.39, 0.29) is 11.0 Å². The van der Waals surface area contributed by atoms with E-state index in [1.807, 2.05) is 0 Å². The first-order chi connectivity index (χ1) is 8.16. The fourth-order valence-corrected chi connectivity index (χ4v) is 2.44. The van der Waals surface area contributed by atoms with Crippen molar-refractivity contribution in [2.75, 3.05) is 0 Å².